The second kappa shape index (κ2) is 6.60. The van der Waals surface area contributed by atoms with Crippen molar-refractivity contribution >= 4 is 24.1 Å². The van der Waals surface area contributed by atoms with Gasteiger partial charge in [-0.25, -0.2) is 0 Å². The summed E-state index contributed by atoms with van der Waals surface area (Å²) in [6.07, 6.45) is 0. The van der Waals surface area contributed by atoms with Crippen molar-refractivity contribution in [3.8, 4) is 22.3 Å². The van der Waals surface area contributed by atoms with Gasteiger partial charge in [0.2, 0.25) is 5.30 Å². The molecule has 0 aliphatic heterocycles. The molecule has 0 heterocycles. The minimum Gasteiger partial charge on any atom is -0.156 e. The molecule has 0 spiro atoms. The average Bonchev–Trinajstić information content (AvgIpc) is 2.67. The Labute approximate surface area is 147 Å². The fraction of sp³-hybridized carbons (Fsp3) is 0. The molecule has 1 unspecified atom stereocenters. The molecule has 25 heavy (non-hydrogen) atoms. The molecular formula is C22H16O2P+. The van der Waals surface area contributed by atoms with Gasteiger partial charge in [-0.15, -0.1) is 0 Å². The lowest BCUT2D eigenvalue weighted by atomic mass is 9.91. The van der Waals surface area contributed by atoms with Gasteiger partial charge in [0.25, 0.3) is 0 Å². The fourth-order valence-corrected chi connectivity index (χ4v) is 4.12. The van der Waals surface area contributed by atoms with Crippen LogP contribution in [0.1, 0.15) is 0 Å². The molecule has 2 nitrogen and oxygen atoms in total. The molecule has 4 rings (SSSR count). The van der Waals surface area contributed by atoms with Crippen molar-refractivity contribution in [2.75, 3.05) is 0 Å². The summed E-state index contributed by atoms with van der Waals surface area (Å²) in [6, 6.07) is 29.7. The zero-order valence-electron chi connectivity index (χ0n) is 13.5. The summed E-state index contributed by atoms with van der Waals surface area (Å²) >= 11 is 0. The summed E-state index contributed by atoms with van der Waals surface area (Å²) in [4.78, 5) is 10.1. The van der Waals surface area contributed by atoms with E-state index in [0.29, 0.717) is 5.30 Å². The van der Waals surface area contributed by atoms with Crippen molar-refractivity contribution in [3.63, 3.8) is 0 Å². The van der Waals surface area contributed by atoms with E-state index in [9.17, 15) is 9.46 Å². The van der Waals surface area contributed by atoms with E-state index in [1.54, 1.807) is 0 Å². The molecule has 0 bridgehead atoms. The molecule has 4 aromatic rings. The smallest absolute Gasteiger partial charge is 0.156 e. The quantitative estimate of drug-likeness (QED) is 0.496. The van der Waals surface area contributed by atoms with Crippen LogP contribution < -0.4 is 5.30 Å². The Kier molecular flexibility index (Phi) is 4.15. The molecule has 0 aliphatic rings. The first-order chi connectivity index (χ1) is 12.3. The maximum atomic E-state index is 12.3. The molecule has 1 N–H and O–H groups in total. The third-order valence-electron chi connectivity index (χ3n) is 4.36. The molecule has 0 saturated carbocycles. The van der Waals surface area contributed by atoms with Gasteiger partial charge in [-0.1, -0.05) is 78.9 Å². The first-order valence-electron chi connectivity index (χ1n) is 8.08. The van der Waals surface area contributed by atoms with E-state index in [1.165, 1.54) is 0 Å². The number of benzene rings is 4. The Morgan fingerprint density at radius 3 is 1.88 bits per heavy atom. The topological polar surface area (TPSA) is 37.3 Å². The van der Waals surface area contributed by atoms with Gasteiger partial charge in [-0.2, -0.15) is 4.89 Å². The molecule has 120 valence electrons. The van der Waals surface area contributed by atoms with Crippen molar-refractivity contribution in [2.24, 2.45) is 0 Å². The molecule has 0 aliphatic carbocycles. The largest absolute Gasteiger partial charge is 0.547 e. The lowest BCUT2D eigenvalue weighted by Gasteiger charge is -2.13. The SMILES string of the molecule is O=[P+](O)c1c(-c2ccccc2)c(-c2ccccc2)cc2ccccc12. The van der Waals surface area contributed by atoms with Crippen LogP contribution in [0.4, 0.5) is 0 Å². The highest BCUT2D eigenvalue weighted by molar-refractivity contribution is 7.48. The lowest BCUT2D eigenvalue weighted by molar-refractivity contribution is 0.513. The summed E-state index contributed by atoms with van der Waals surface area (Å²) in [5.74, 6) is 0. The van der Waals surface area contributed by atoms with E-state index >= 15 is 0 Å². The third kappa shape index (κ3) is 2.87. The van der Waals surface area contributed by atoms with Crippen LogP contribution in [0.3, 0.4) is 0 Å². The summed E-state index contributed by atoms with van der Waals surface area (Å²) in [7, 11) is -2.50. The zero-order valence-corrected chi connectivity index (χ0v) is 14.4. The van der Waals surface area contributed by atoms with Gasteiger partial charge in [0, 0.05) is 10.9 Å². The Morgan fingerprint density at radius 1 is 0.680 bits per heavy atom. The predicted octanol–water partition coefficient (Wildman–Crippen LogP) is 5.53. The van der Waals surface area contributed by atoms with Crippen molar-refractivity contribution in [1.29, 1.82) is 0 Å². The zero-order chi connectivity index (χ0) is 17.2. The highest BCUT2D eigenvalue weighted by Gasteiger charge is 2.29. The van der Waals surface area contributed by atoms with Crippen LogP contribution in [0.5, 0.6) is 0 Å². The minimum absolute atomic E-state index is 0.498. The molecule has 0 amide bonds. The Morgan fingerprint density at radius 2 is 1.24 bits per heavy atom. The van der Waals surface area contributed by atoms with Crippen LogP contribution in [0.25, 0.3) is 33.0 Å². The number of rotatable bonds is 3. The molecule has 0 saturated heterocycles. The van der Waals surface area contributed by atoms with Crippen LogP contribution in [-0.2, 0) is 4.57 Å². The summed E-state index contributed by atoms with van der Waals surface area (Å²) in [5, 5.41) is 2.29. The Balaban J connectivity index is 2.18. The average molecular weight is 343 g/mol. The maximum Gasteiger partial charge on any atom is 0.547 e. The normalized spacial score (nSPS) is 11.5. The van der Waals surface area contributed by atoms with Crippen LogP contribution >= 0.6 is 8.03 Å². The van der Waals surface area contributed by atoms with Gasteiger partial charge in [0.1, 0.15) is 0 Å². The monoisotopic (exact) mass is 343 g/mol. The molecule has 0 aromatic heterocycles. The molecule has 0 fully saturated rings. The second-order valence-corrected chi connectivity index (χ2v) is 6.87. The van der Waals surface area contributed by atoms with Crippen molar-refractivity contribution in [3.05, 3.63) is 91.0 Å². The van der Waals surface area contributed by atoms with Crippen LogP contribution in [0, 0.1) is 0 Å². The fourth-order valence-electron chi connectivity index (χ4n) is 3.27. The third-order valence-corrected chi connectivity index (χ3v) is 5.21. The Bertz CT molecular complexity index is 1060. The summed E-state index contributed by atoms with van der Waals surface area (Å²) < 4.78 is 12.3. The van der Waals surface area contributed by atoms with Crippen molar-refractivity contribution in [1.82, 2.24) is 0 Å². The van der Waals surface area contributed by atoms with E-state index < -0.39 is 8.03 Å². The summed E-state index contributed by atoms with van der Waals surface area (Å²) in [6.45, 7) is 0. The highest BCUT2D eigenvalue weighted by atomic mass is 31.1. The Hall–Kier alpha value is -2.80. The van der Waals surface area contributed by atoms with Gasteiger partial charge in [0.15, 0.2) is 0 Å². The lowest BCUT2D eigenvalue weighted by Crippen LogP contribution is -2.06. The van der Waals surface area contributed by atoms with Gasteiger partial charge in [-0.05, 0) is 38.8 Å². The van der Waals surface area contributed by atoms with Crippen molar-refractivity contribution < 1.29 is 9.46 Å². The maximum absolute atomic E-state index is 12.3. The number of fused-ring (bicyclic) bond motifs is 1. The summed E-state index contributed by atoms with van der Waals surface area (Å²) in [5.41, 5.74) is 3.77. The van der Waals surface area contributed by atoms with Crippen LogP contribution in [-0.4, -0.2) is 4.89 Å². The van der Waals surface area contributed by atoms with Crippen LogP contribution in [0.2, 0.25) is 0 Å². The standard InChI is InChI=1S/C22H15O2P/c23-25(24)22-19-14-8-7-13-18(19)15-20(16-9-3-1-4-10-16)21(22)17-11-5-2-6-12-17/h1-15H/p+1. The van der Waals surface area contributed by atoms with E-state index in [1.807, 2.05) is 84.9 Å². The molecule has 0 radical (unpaired) electrons. The number of hydrogen-bond donors (Lipinski definition) is 1. The molecular weight excluding hydrogens is 327 g/mol. The van der Waals surface area contributed by atoms with E-state index in [0.717, 1.165) is 33.0 Å². The van der Waals surface area contributed by atoms with Crippen LogP contribution in [0.15, 0.2) is 91.0 Å². The van der Waals surface area contributed by atoms with E-state index in [4.69, 9.17) is 0 Å². The first kappa shape index (κ1) is 15.7. The molecule has 3 heteroatoms. The van der Waals surface area contributed by atoms with Gasteiger partial charge in [0.05, 0.1) is 0 Å². The first-order valence-corrected chi connectivity index (χ1v) is 9.29. The van der Waals surface area contributed by atoms with Crippen molar-refractivity contribution in [2.45, 2.75) is 0 Å². The highest BCUT2D eigenvalue weighted by Crippen LogP contribution is 2.38. The van der Waals surface area contributed by atoms with Gasteiger partial charge in [-0.3, -0.25) is 0 Å². The molecule has 1 atom stereocenters. The second-order valence-electron chi connectivity index (χ2n) is 5.87. The number of hydrogen-bond acceptors (Lipinski definition) is 1. The predicted molar refractivity (Wildman–Crippen MR) is 104 cm³/mol. The van der Waals surface area contributed by atoms with E-state index in [-0.39, 0.29) is 0 Å². The van der Waals surface area contributed by atoms with E-state index in [2.05, 4.69) is 6.07 Å². The van der Waals surface area contributed by atoms with Gasteiger partial charge >= 0.3 is 8.03 Å². The minimum atomic E-state index is -2.50. The van der Waals surface area contributed by atoms with Gasteiger partial charge < -0.3 is 0 Å². The molecule has 4 aromatic carbocycles.